The topological polar surface area (TPSA) is 73.6 Å². The molecule has 1 fully saturated rings. The Hall–Kier alpha value is -0.650. The molecule has 5 heteroatoms. The van der Waals surface area contributed by atoms with Crippen molar-refractivity contribution in [3.05, 3.63) is 0 Å². The van der Waals surface area contributed by atoms with Gasteiger partial charge in [0.15, 0.2) is 0 Å². The number of carbonyl (C=O) groups excluding carboxylic acids is 1. The van der Waals surface area contributed by atoms with Gasteiger partial charge < -0.3 is 20.5 Å². The van der Waals surface area contributed by atoms with Crippen LogP contribution < -0.4 is 11.1 Å². The Kier molecular flexibility index (Phi) is 4.41. The zero-order valence-electron chi connectivity index (χ0n) is 12.1. The molecular weight excluding hydrogens is 232 g/mol. The molecule has 1 aliphatic heterocycles. The van der Waals surface area contributed by atoms with Gasteiger partial charge in [-0.3, -0.25) is 4.79 Å². The molecule has 1 heterocycles. The third-order valence-electron chi connectivity index (χ3n) is 4.25. The van der Waals surface area contributed by atoms with E-state index in [2.05, 4.69) is 5.32 Å². The monoisotopic (exact) mass is 258 g/mol. The van der Waals surface area contributed by atoms with Crippen molar-refractivity contribution in [1.82, 2.24) is 5.32 Å². The van der Waals surface area contributed by atoms with Crippen molar-refractivity contribution < 1.29 is 14.3 Å². The second-order valence-corrected chi connectivity index (χ2v) is 6.22. The number of hydrogen-bond donors (Lipinski definition) is 2. The van der Waals surface area contributed by atoms with Crippen molar-refractivity contribution in [2.24, 2.45) is 11.1 Å². The lowest BCUT2D eigenvalue weighted by Gasteiger charge is -2.38. The molecule has 0 aromatic heterocycles. The first-order chi connectivity index (χ1) is 8.15. The van der Waals surface area contributed by atoms with Gasteiger partial charge in [0, 0.05) is 32.2 Å². The van der Waals surface area contributed by atoms with E-state index in [1.807, 2.05) is 27.7 Å². The fourth-order valence-electron chi connectivity index (χ4n) is 1.72. The van der Waals surface area contributed by atoms with E-state index >= 15 is 0 Å². The molecule has 1 saturated heterocycles. The first kappa shape index (κ1) is 15.4. The smallest absolute Gasteiger partial charge is 0.227 e. The minimum atomic E-state index is -0.638. The highest BCUT2D eigenvalue weighted by molar-refractivity contribution is 5.83. The normalized spacial score (nSPS) is 25.2. The average molecular weight is 258 g/mol. The molecule has 1 unspecified atom stereocenters. The van der Waals surface area contributed by atoms with Crippen LogP contribution in [0.1, 0.15) is 34.1 Å². The van der Waals surface area contributed by atoms with Gasteiger partial charge in [-0.15, -0.1) is 0 Å². The Morgan fingerprint density at radius 3 is 2.44 bits per heavy atom. The molecule has 3 N–H and O–H groups in total. The Morgan fingerprint density at radius 1 is 1.44 bits per heavy atom. The fourth-order valence-corrected chi connectivity index (χ4v) is 1.72. The van der Waals surface area contributed by atoms with Gasteiger partial charge in [-0.2, -0.15) is 0 Å². The zero-order chi connectivity index (χ0) is 14.0. The van der Waals surface area contributed by atoms with Crippen LogP contribution in [-0.4, -0.2) is 43.9 Å². The molecule has 0 spiro atoms. The summed E-state index contributed by atoms with van der Waals surface area (Å²) < 4.78 is 10.8. The number of rotatable bonds is 5. The molecule has 18 heavy (non-hydrogen) atoms. The van der Waals surface area contributed by atoms with Crippen molar-refractivity contribution >= 4 is 5.91 Å². The standard InChI is InChI=1S/C13H26N2O3/c1-11(2,12(3,4)14)10(16)15-8-13(17-5)6-7-18-9-13/h6-9,14H2,1-5H3,(H,15,16). The summed E-state index contributed by atoms with van der Waals surface area (Å²) in [5.74, 6) is -0.0571. The minimum absolute atomic E-state index is 0.0571. The van der Waals surface area contributed by atoms with E-state index in [4.69, 9.17) is 15.2 Å². The van der Waals surface area contributed by atoms with Crippen LogP contribution in [0, 0.1) is 5.41 Å². The lowest BCUT2D eigenvalue weighted by molar-refractivity contribution is -0.133. The summed E-state index contributed by atoms with van der Waals surface area (Å²) in [6, 6.07) is 0. The van der Waals surface area contributed by atoms with E-state index < -0.39 is 11.0 Å². The number of methoxy groups -OCH3 is 1. The lowest BCUT2D eigenvalue weighted by Crippen LogP contribution is -2.57. The van der Waals surface area contributed by atoms with Crippen molar-refractivity contribution in [1.29, 1.82) is 0 Å². The Morgan fingerprint density at radius 2 is 2.06 bits per heavy atom. The summed E-state index contributed by atoms with van der Waals surface area (Å²) in [6.45, 7) is 9.09. The van der Waals surface area contributed by atoms with Gasteiger partial charge in [-0.05, 0) is 27.7 Å². The summed E-state index contributed by atoms with van der Waals surface area (Å²) in [6.07, 6.45) is 0.802. The highest BCUT2D eigenvalue weighted by Crippen LogP contribution is 2.29. The van der Waals surface area contributed by atoms with Crippen LogP contribution >= 0.6 is 0 Å². The second kappa shape index (κ2) is 5.15. The van der Waals surface area contributed by atoms with Crippen LogP contribution in [0.4, 0.5) is 0 Å². The molecule has 0 aliphatic carbocycles. The van der Waals surface area contributed by atoms with Crippen LogP contribution in [-0.2, 0) is 14.3 Å². The van der Waals surface area contributed by atoms with Crippen LogP contribution in [0.25, 0.3) is 0 Å². The summed E-state index contributed by atoms with van der Waals surface area (Å²) in [5.41, 5.74) is 4.44. The van der Waals surface area contributed by atoms with Gasteiger partial charge >= 0.3 is 0 Å². The molecule has 0 saturated carbocycles. The quantitative estimate of drug-likeness (QED) is 0.760. The molecule has 0 radical (unpaired) electrons. The molecule has 0 aromatic carbocycles. The average Bonchev–Trinajstić information content (AvgIpc) is 2.73. The van der Waals surface area contributed by atoms with Crippen LogP contribution in [0.5, 0.6) is 0 Å². The largest absolute Gasteiger partial charge is 0.378 e. The van der Waals surface area contributed by atoms with Gasteiger partial charge in [0.2, 0.25) is 5.91 Å². The first-order valence-electron chi connectivity index (χ1n) is 6.35. The van der Waals surface area contributed by atoms with E-state index in [9.17, 15) is 4.79 Å². The number of ether oxygens (including phenoxy) is 2. The molecule has 0 aromatic rings. The maximum Gasteiger partial charge on any atom is 0.227 e. The van der Waals surface area contributed by atoms with E-state index in [0.29, 0.717) is 19.8 Å². The van der Waals surface area contributed by atoms with Crippen molar-refractivity contribution in [3.8, 4) is 0 Å². The number of nitrogens with one attached hydrogen (secondary N) is 1. The number of amides is 1. The van der Waals surface area contributed by atoms with E-state index in [1.165, 1.54) is 0 Å². The van der Waals surface area contributed by atoms with Crippen molar-refractivity contribution in [2.75, 3.05) is 26.9 Å². The SMILES string of the molecule is COC1(CNC(=O)C(C)(C)C(C)(C)N)CCOC1. The first-order valence-corrected chi connectivity index (χ1v) is 6.35. The van der Waals surface area contributed by atoms with Crippen molar-refractivity contribution in [3.63, 3.8) is 0 Å². The zero-order valence-corrected chi connectivity index (χ0v) is 12.1. The fraction of sp³-hybridized carbons (Fsp3) is 0.923. The van der Waals surface area contributed by atoms with Gasteiger partial charge in [0.25, 0.3) is 0 Å². The van der Waals surface area contributed by atoms with Crippen molar-refractivity contribution in [2.45, 2.75) is 45.3 Å². The predicted molar refractivity (Wildman–Crippen MR) is 70.2 cm³/mol. The van der Waals surface area contributed by atoms with Crippen LogP contribution in [0.2, 0.25) is 0 Å². The van der Waals surface area contributed by atoms with E-state index in [1.54, 1.807) is 7.11 Å². The summed E-state index contributed by atoms with van der Waals surface area (Å²) in [7, 11) is 1.65. The van der Waals surface area contributed by atoms with Gasteiger partial charge in [-0.1, -0.05) is 0 Å². The highest BCUT2D eigenvalue weighted by Gasteiger charge is 2.42. The second-order valence-electron chi connectivity index (χ2n) is 6.22. The molecule has 5 nitrogen and oxygen atoms in total. The van der Waals surface area contributed by atoms with E-state index in [-0.39, 0.29) is 11.5 Å². The predicted octanol–water partition coefficient (Wildman–Crippen LogP) is 0.672. The van der Waals surface area contributed by atoms with Gasteiger partial charge in [0.05, 0.1) is 12.0 Å². The summed E-state index contributed by atoms with van der Waals surface area (Å²) >= 11 is 0. The van der Waals surface area contributed by atoms with Crippen LogP contribution in [0.15, 0.2) is 0 Å². The summed E-state index contributed by atoms with van der Waals surface area (Å²) in [5, 5.41) is 2.94. The Labute approximate surface area is 109 Å². The molecule has 1 atom stereocenters. The molecular formula is C13H26N2O3. The maximum absolute atomic E-state index is 12.2. The highest BCUT2D eigenvalue weighted by atomic mass is 16.5. The lowest BCUT2D eigenvalue weighted by atomic mass is 9.74. The summed E-state index contributed by atoms with van der Waals surface area (Å²) in [4.78, 5) is 12.2. The van der Waals surface area contributed by atoms with E-state index in [0.717, 1.165) is 6.42 Å². The third kappa shape index (κ3) is 3.02. The Balaban J connectivity index is 2.61. The maximum atomic E-state index is 12.2. The molecule has 1 amide bonds. The number of carbonyl (C=O) groups is 1. The molecule has 0 bridgehead atoms. The van der Waals surface area contributed by atoms with Crippen LogP contribution in [0.3, 0.4) is 0 Å². The van der Waals surface area contributed by atoms with Gasteiger partial charge in [0.1, 0.15) is 5.60 Å². The molecule has 1 aliphatic rings. The van der Waals surface area contributed by atoms with Gasteiger partial charge in [-0.25, -0.2) is 0 Å². The minimum Gasteiger partial charge on any atom is -0.378 e. The molecule has 106 valence electrons. The number of nitrogens with two attached hydrogens (primary N) is 1. The Bertz CT molecular complexity index is 302. The number of hydrogen-bond acceptors (Lipinski definition) is 4. The third-order valence-corrected chi connectivity index (χ3v) is 4.25. The molecule has 1 rings (SSSR count).